The molecule has 0 saturated carbocycles. The van der Waals surface area contributed by atoms with Gasteiger partial charge in [0.1, 0.15) is 0 Å². The standard InChI is InChI=1S/C7H7.Li/c1-2-4-6-7-5-3-1;/h1-5H,6H2;/q-1;+1. The Balaban J connectivity index is 0.000000490. The molecule has 0 fully saturated rings. The van der Waals surface area contributed by atoms with E-state index < -0.39 is 0 Å². The van der Waals surface area contributed by atoms with E-state index in [1.807, 2.05) is 24.3 Å². The third-order valence-electron chi connectivity index (χ3n) is 0.808. The monoisotopic (exact) mass is 98.1 g/mol. The Labute approximate surface area is 62.2 Å². The summed E-state index contributed by atoms with van der Waals surface area (Å²) in [6, 6.07) is 0. The normalized spacial score (nSPS) is 15.0. The van der Waals surface area contributed by atoms with Gasteiger partial charge in [0, 0.05) is 0 Å². The van der Waals surface area contributed by atoms with Crippen LogP contribution in [0.15, 0.2) is 30.4 Å². The molecule has 0 aromatic carbocycles. The Kier molecular flexibility index (Phi) is 4.85. The zero-order valence-electron chi connectivity index (χ0n) is 5.09. The van der Waals surface area contributed by atoms with Gasteiger partial charge in [-0.15, -0.1) is 6.08 Å². The Morgan fingerprint density at radius 2 is 2.00 bits per heavy atom. The summed E-state index contributed by atoms with van der Waals surface area (Å²) in [6.07, 6.45) is 14.0. The van der Waals surface area contributed by atoms with Crippen LogP contribution in [0.3, 0.4) is 0 Å². The zero-order chi connectivity index (χ0) is 4.95. The molecule has 36 valence electrons. The van der Waals surface area contributed by atoms with E-state index in [2.05, 4.69) is 12.2 Å². The van der Waals surface area contributed by atoms with Gasteiger partial charge in [-0.25, -0.2) is 12.2 Å². The summed E-state index contributed by atoms with van der Waals surface area (Å²) in [7, 11) is 0. The number of hydrogen-bond donors (Lipinski definition) is 0. The molecule has 1 aliphatic carbocycles. The first-order valence-electron chi connectivity index (χ1n) is 2.38. The zero-order valence-corrected chi connectivity index (χ0v) is 5.09. The Morgan fingerprint density at radius 1 is 1.12 bits per heavy atom. The van der Waals surface area contributed by atoms with Gasteiger partial charge < -0.3 is 0 Å². The molecule has 1 heteroatoms. The molecule has 1 aliphatic rings. The van der Waals surface area contributed by atoms with Crippen LogP contribution in [0, 0.1) is 6.08 Å². The second-order valence-corrected chi connectivity index (χ2v) is 1.39. The van der Waals surface area contributed by atoms with Gasteiger partial charge in [-0.2, -0.15) is 0 Å². The van der Waals surface area contributed by atoms with Crippen LogP contribution >= 0.6 is 0 Å². The summed E-state index contributed by atoms with van der Waals surface area (Å²) in [6.45, 7) is 0. The van der Waals surface area contributed by atoms with Crippen LogP contribution in [0.25, 0.3) is 0 Å². The fourth-order valence-corrected chi connectivity index (χ4v) is 0.470. The Bertz CT molecular complexity index is 106. The van der Waals surface area contributed by atoms with Crippen LogP contribution in [-0.2, 0) is 0 Å². The molecule has 0 saturated heterocycles. The molecule has 0 atom stereocenters. The largest absolute Gasteiger partial charge is 1.00 e. The molecule has 0 aliphatic heterocycles. The summed E-state index contributed by atoms with van der Waals surface area (Å²) in [5.74, 6) is 0. The average Bonchev–Trinajstić information content (AvgIpc) is 1.90. The maximum Gasteiger partial charge on any atom is 1.00 e. The molecule has 0 aromatic heterocycles. The molecule has 0 N–H and O–H groups in total. The van der Waals surface area contributed by atoms with Gasteiger partial charge in [-0.3, -0.25) is 6.08 Å². The first-order valence-corrected chi connectivity index (χ1v) is 2.38. The maximum absolute atomic E-state index is 3.05. The molecule has 0 spiro atoms. The third kappa shape index (κ3) is 2.90. The van der Waals surface area contributed by atoms with E-state index in [4.69, 9.17) is 0 Å². The van der Waals surface area contributed by atoms with Crippen molar-refractivity contribution in [2.75, 3.05) is 0 Å². The predicted molar refractivity (Wildman–Crippen MR) is 30.7 cm³/mol. The van der Waals surface area contributed by atoms with E-state index in [-0.39, 0.29) is 18.9 Å². The van der Waals surface area contributed by atoms with E-state index in [9.17, 15) is 0 Å². The molecule has 0 radical (unpaired) electrons. The molecular formula is C7H7Li. The van der Waals surface area contributed by atoms with E-state index >= 15 is 0 Å². The smallest absolute Gasteiger partial charge is 0.271 e. The molecule has 0 bridgehead atoms. The second kappa shape index (κ2) is 4.96. The van der Waals surface area contributed by atoms with Gasteiger partial charge in [0.15, 0.2) is 0 Å². The van der Waals surface area contributed by atoms with Crippen molar-refractivity contribution < 1.29 is 18.9 Å². The van der Waals surface area contributed by atoms with E-state index in [1.165, 1.54) is 0 Å². The van der Waals surface area contributed by atoms with Gasteiger partial charge in [0.05, 0.1) is 0 Å². The quantitative estimate of drug-likeness (QED) is 0.265. The van der Waals surface area contributed by atoms with Crippen molar-refractivity contribution in [1.82, 2.24) is 0 Å². The minimum Gasteiger partial charge on any atom is -0.271 e. The van der Waals surface area contributed by atoms with Crippen LogP contribution in [-0.4, -0.2) is 0 Å². The van der Waals surface area contributed by atoms with Crippen LogP contribution < -0.4 is 18.9 Å². The van der Waals surface area contributed by atoms with Gasteiger partial charge in [0.2, 0.25) is 0 Å². The molecule has 0 nitrogen and oxygen atoms in total. The fraction of sp³-hybridized carbons (Fsp3) is 0.143. The van der Waals surface area contributed by atoms with Crippen molar-refractivity contribution in [3.63, 3.8) is 0 Å². The third-order valence-corrected chi connectivity index (χ3v) is 0.808. The Morgan fingerprint density at radius 3 is 2.88 bits per heavy atom. The minimum absolute atomic E-state index is 0. The van der Waals surface area contributed by atoms with Crippen molar-refractivity contribution in [3.8, 4) is 0 Å². The molecular weight excluding hydrogens is 91.0 g/mol. The van der Waals surface area contributed by atoms with Crippen LogP contribution in [0.2, 0.25) is 0 Å². The fourth-order valence-electron chi connectivity index (χ4n) is 0.470. The van der Waals surface area contributed by atoms with E-state index in [0.29, 0.717) is 0 Å². The van der Waals surface area contributed by atoms with E-state index in [1.54, 1.807) is 0 Å². The van der Waals surface area contributed by atoms with Crippen molar-refractivity contribution in [3.05, 3.63) is 36.5 Å². The van der Waals surface area contributed by atoms with Gasteiger partial charge >= 0.3 is 18.9 Å². The van der Waals surface area contributed by atoms with Crippen LogP contribution in [0.1, 0.15) is 6.42 Å². The van der Waals surface area contributed by atoms with Crippen LogP contribution in [0.4, 0.5) is 0 Å². The van der Waals surface area contributed by atoms with Crippen LogP contribution in [0.5, 0.6) is 0 Å². The van der Waals surface area contributed by atoms with Crippen molar-refractivity contribution in [2.24, 2.45) is 0 Å². The van der Waals surface area contributed by atoms with Gasteiger partial charge in [-0.1, -0.05) is 18.6 Å². The molecule has 0 aromatic rings. The second-order valence-electron chi connectivity index (χ2n) is 1.39. The molecule has 1 rings (SSSR count). The molecule has 0 unspecified atom stereocenters. The SMILES string of the molecule is [C-]1=CC=CC=CC1.[Li+]. The summed E-state index contributed by atoms with van der Waals surface area (Å²) >= 11 is 0. The maximum atomic E-state index is 3.05. The summed E-state index contributed by atoms with van der Waals surface area (Å²) in [4.78, 5) is 0. The molecule has 0 heterocycles. The topological polar surface area (TPSA) is 0 Å². The van der Waals surface area contributed by atoms with Crippen molar-refractivity contribution in [1.29, 1.82) is 0 Å². The van der Waals surface area contributed by atoms with Gasteiger partial charge in [-0.05, 0) is 0 Å². The predicted octanol–water partition coefficient (Wildman–Crippen LogP) is -1.13. The minimum atomic E-state index is 0. The molecule has 0 amide bonds. The van der Waals surface area contributed by atoms with Gasteiger partial charge in [0.25, 0.3) is 0 Å². The summed E-state index contributed by atoms with van der Waals surface area (Å²) in [5.41, 5.74) is 0. The first-order chi connectivity index (χ1) is 3.50. The number of hydrogen-bond acceptors (Lipinski definition) is 0. The van der Waals surface area contributed by atoms with E-state index in [0.717, 1.165) is 6.42 Å². The van der Waals surface area contributed by atoms with Crippen molar-refractivity contribution >= 4 is 0 Å². The summed E-state index contributed by atoms with van der Waals surface area (Å²) < 4.78 is 0. The number of rotatable bonds is 0. The summed E-state index contributed by atoms with van der Waals surface area (Å²) in [5, 5.41) is 0. The van der Waals surface area contributed by atoms with Crippen molar-refractivity contribution in [2.45, 2.75) is 6.42 Å². The average molecular weight is 98.1 g/mol. The number of allylic oxidation sites excluding steroid dienone is 6. The first kappa shape index (κ1) is 7.82. The molecule has 8 heavy (non-hydrogen) atoms. The Hall–Kier alpha value is -0.183.